The van der Waals surface area contributed by atoms with E-state index in [1.807, 2.05) is 0 Å². The minimum absolute atomic E-state index is 0.0606. The topological polar surface area (TPSA) is 64.1 Å². The lowest BCUT2D eigenvalue weighted by molar-refractivity contribution is -0.137. The first-order valence-corrected chi connectivity index (χ1v) is 5.90. The van der Waals surface area contributed by atoms with Crippen LogP contribution in [-0.4, -0.2) is 14.9 Å². The van der Waals surface area contributed by atoms with Crippen molar-refractivity contribution in [2.24, 2.45) is 7.05 Å². The summed E-state index contributed by atoms with van der Waals surface area (Å²) >= 11 is 0. The number of aliphatic hydroxyl groups excluding tert-OH is 1. The van der Waals surface area contributed by atoms with Crippen LogP contribution in [0.2, 0.25) is 0 Å². The van der Waals surface area contributed by atoms with Gasteiger partial charge in [0.1, 0.15) is 0 Å². The molecule has 2 rings (SSSR count). The molecule has 108 valence electrons. The van der Waals surface area contributed by atoms with E-state index < -0.39 is 17.8 Å². The Morgan fingerprint density at radius 1 is 1.35 bits per heavy atom. The highest BCUT2D eigenvalue weighted by molar-refractivity contribution is 5.50. The number of aromatic nitrogens is 2. The van der Waals surface area contributed by atoms with Gasteiger partial charge in [-0.1, -0.05) is 0 Å². The fraction of sp³-hybridized carbons (Fsp3) is 0.308. The van der Waals surface area contributed by atoms with Gasteiger partial charge in [-0.05, 0) is 24.3 Å². The molecule has 4 nitrogen and oxygen atoms in total. The molecular weight excluding hydrogens is 271 g/mol. The zero-order valence-electron chi connectivity index (χ0n) is 10.7. The van der Waals surface area contributed by atoms with E-state index in [0.717, 1.165) is 18.2 Å². The highest BCUT2D eigenvalue weighted by Gasteiger charge is 2.31. The van der Waals surface area contributed by atoms with Crippen molar-refractivity contribution < 1.29 is 18.3 Å². The molecule has 2 aromatic rings. The summed E-state index contributed by atoms with van der Waals surface area (Å²) in [6, 6.07) is 4.61. The van der Waals surface area contributed by atoms with Crippen molar-refractivity contribution in [3.63, 3.8) is 0 Å². The van der Waals surface area contributed by atoms with Gasteiger partial charge < -0.3 is 10.8 Å². The van der Waals surface area contributed by atoms with E-state index in [1.54, 1.807) is 24.0 Å². The fourth-order valence-electron chi connectivity index (χ4n) is 1.92. The number of nitrogens with two attached hydrogens (primary N) is 1. The number of hydrogen-bond donors (Lipinski definition) is 2. The Labute approximate surface area is 113 Å². The van der Waals surface area contributed by atoms with Crippen LogP contribution in [0.3, 0.4) is 0 Å². The second kappa shape index (κ2) is 5.16. The Bertz CT molecular complexity index is 607. The lowest BCUT2D eigenvalue weighted by Crippen LogP contribution is -2.10. The molecule has 1 aromatic carbocycles. The first-order chi connectivity index (χ1) is 9.27. The first-order valence-electron chi connectivity index (χ1n) is 5.90. The molecule has 7 heteroatoms. The molecule has 0 fully saturated rings. The van der Waals surface area contributed by atoms with E-state index in [-0.39, 0.29) is 17.7 Å². The second-order valence-electron chi connectivity index (χ2n) is 4.54. The molecule has 20 heavy (non-hydrogen) atoms. The van der Waals surface area contributed by atoms with Crippen LogP contribution in [0.4, 0.5) is 18.9 Å². The predicted molar refractivity (Wildman–Crippen MR) is 67.7 cm³/mol. The molecule has 0 bridgehead atoms. The third-order valence-corrected chi connectivity index (χ3v) is 2.94. The van der Waals surface area contributed by atoms with Gasteiger partial charge in [0.25, 0.3) is 0 Å². The molecule has 3 N–H and O–H groups in total. The third-order valence-electron chi connectivity index (χ3n) is 2.94. The van der Waals surface area contributed by atoms with Gasteiger partial charge in [0.05, 0.1) is 17.4 Å². The van der Waals surface area contributed by atoms with Crippen LogP contribution in [-0.2, 0) is 19.6 Å². The van der Waals surface area contributed by atoms with Gasteiger partial charge in [-0.2, -0.15) is 18.3 Å². The molecule has 0 radical (unpaired) electrons. The fourth-order valence-corrected chi connectivity index (χ4v) is 1.92. The van der Waals surface area contributed by atoms with Crippen molar-refractivity contribution in [3.05, 3.63) is 47.3 Å². The summed E-state index contributed by atoms with van der Waals surface area (Å²) in [7, 11) is 1.72. The van der Waals surface area contributed by atoms with Crippen molar-refractivity contribution in [2.45, 2.75) is 18.7 Å². The first kappa shape index (κ1) is 14.4. The number of hydrogen-bond acceptors (Lipinski definition) is 3. The van der Waals surface area contributed by atoms with Crippen LogP contribution in [0.5, 0.6) is 0 Å². The van der Waals surface area contributed by atoms with Gasteiger partial charge in [-0.25, -0.2) is 0 Å². The highest BCUT2D eigenvalue weighted by Crippen LogP contribution is 2.33. The number of nitrogens with zero attached hydrogens (tertiary/aromatic N) is 2. The van der Waals surface area contributed by atoms with Crippen LogP contribution in [0.1, 0.15) is 22.9 Å². The number of aliphatic hydroxyl groups is 1. The highest BCUT2D eigenvalue weighted by atomic mass is 19.4. The van der Waals surface area contributed by atoms with Crippen molar-refractivity contribution in [3.8, 4) is 0 Å². The van der Waals surface area contributed by atoms with E-state index in [1.165, 1.54) is 0 Å². The maximum atomic E-state index is 12.7. The second-order valence-corrected chi connectivity index (χ2v) is 4.54. The number of nitrogen functional groups attached to an aromatic ring is 1. The van der Waals surface area contributed by atoms with Crippen LogP contribution in [0, 0.1) is 0 Å². The van der Waals surface area contributed by atoms with E-state index >= 15 is 0 Å². The summed E-state index contributed by atoms with van der Waals surface area (Å²) in [5.41, 5.74) is 5.58. The molecule has 0 aliphatic carbocycles. The minimum atomic E-state index is -4.47. The van der Waals surface area contributed by atoms with E-state index in [9.17, 15) is 18.3 Å². The number of benzene rings is 1. The zero-order chi connectivity index (χ0) is 14.9. The molecule has 1 atom stereocenters. The van der Waals surface area contributed by atoms with Crippen LogP contribution in [0.25, 0.3) is 0 Å². The summed E-state index contributed by atoms with van der Waals surface area (Å²) in [6.45, 7) is 0. The van der Waals surface area contributed by atoms with Crippen LogP contribution < -0.4 is 5.73 Å². The minimum Gasteiger partial charge on any atom is -0.398 e. The molecule has 0 aliphatic rings. The van der Waals surface area contributed by atoms with Crippen LogP contribution >= 0.6 is 0 Å². The third kappa shape index (κ3) is 3.11. The van der Waals surface area contributed by atoms with Gasteiger partial charge >= 0.3 is 6.18 Å². The average molecular weight is 285 g/mol. The monoisotopic (exact) mass is 285 g/mol. The largest absolute Gasteiger partial charge is 0.416 e. The Balaban J connectivity index is 2.27. The maximum absolute atomic E-state index is 12.7. The lowest BCUT2D eigenvalue weighted by atomic mass is 10.0. The molecule has 1 unspecified atom stereocenters. The molecule has 0 amide bonds. The molecular formula is C13H14F3N3O. The predicted octanol–water partition coefficient (Wildman–Crippen LogP) is 2.30. The van der Waals surface area contributed by atoms with E-state index in [4.69, 9.17) is 5.73 Å². The van der Waals surface area contributed by atoms with Crippen LogP contribution in [0.15, 0.2) is 30.5 Å². The number of halogens is 3. The Kier molecular flexibility index (Phi) is 3.71. The van der Waals surface area contributed by atoms with E-state index in [2.05, 4.69) is 5.10 Å². The average Bonchev–Trinajstić information content (AvgIpc) is 2.73. The Morgan fingerprint density at radius 3 is 2.60 bits per heavy atom. The summed E-state index contributed by atoms with van der Waals surface area (Å²) < 4.78 is 39.5. The molecule has 0 spiro atoms. The number of aryl methyl sites for hydroxylation is 1. The Morgan fingerprint density at radius 2 is 2.05 bits per heavy atom. The molecule has 1 heterocycles. The maximum Gasteiger partial charge on any atom is 0.416 e. The van der Waals surface area contributed by atoms with Gasteiger partial charge in [0.2, 0.25) is 0 Å². The quantitative estimate of drug-likeness (QED) is 0.850. The number of alkyl halides is 3. The molecule has 0 saturated carbocycles. The van der Waals surface area contributed by atoms with Crippen molar-refractivity contribution in [1.82, 2.24) is 9.78 Å². The normalized spacial score (nSPS) is 13.4. The number of anilines is 1. The molecule has 1 aromatic heterocycles. The van der Waals surface area contributed by atoms with Crippen molar-refractivity contribution >= 4 is 5.69 Å². The summed E-state index contributed by atoms with van der Waals surface area (Å²) in [6.07, 6.45) is -3.80. The standard InChI is InChI=1S/C13H14F3N3O/c1-19-5-4-9(18-19)7-12(20)10-6-8(13(14,15)16)2-3-11(10)17/h2-6,12,20H,7,17H2,1H3. The summed E-state index contributed by atoms with van der Waals surface area (Å²) in [5.74, 6) is 0. The van der Waals surface area contributed by atoms with Crippen molar-refractivity contribution in [1.29, 1.82) is 0 Å². The molecule has 0 aliphatic heterocycles. The number of rotatable bonds is 3. The van der Waals surface area contributed by atoms with Gasteiger partial charge in [-0.15, -0.1) is 0 Å². The SMILES string of the molecule is Cn1ccc(CC(O)c2cc(C(F)(F)F)ccc2N)n1. The smallest absolute Gasteiger partial charge is 0.398 e. The Hall–Kier alpha value is -2.02. The molecule has 0 saturated heterocycles. The van der Waals surface area contributed by atoms with Gasteiger partial charge in [0, 0.05) is 30.9 Å². The summed E-state index contributed by atoms with van der Waals surface area (Å²) in [5, 5.41) is 14.1. The van der Waals surface area contributed by atoms with Crippen molar-refractivity contribution in [2.75, 3.05) is 5.73 Å². The zero-order valence-corrected chi connectivity index (χ0v) is 10.7. The summed E-state index contributed by atoms with van der Waals surface area (Å²) in [4.78, 5) is 0. The van der Waals surface area contributed by atoms with E-state index in [0.29, 0.717) is 5.69 Å². The van der Waals surface area contributed by atoms with Gasteiger partial charge in [0.15, 0.2) is 0 Å². The van der Waals surface area contributed by atoms with Gasteiger partial charge in [-0.3, -0.25) is 4.68 Å². The lowest BCUT2D eigenvalue weighted by Gasteiger charge is -2.15.